The predicted octanol–water partition coefficient (Wildman–Crippen LogP) is 3.06. The van der Waals surface area contributed by atoms with E-state index in [1.807, 2.05) is 0 Å². The van der Waals surface area contributed by atoms with Crippen molar-refractivity contribution in [2.45, 2.75) is 26.4 Å². The largest absolute Gasteiger partial charge is 0.416 e. The van der Waals surface area contributed by atoms with E-state index < -0.39 is 23.1 Å². The average molecular weight is 409 g/mol. The van der Waals surface area contributed by atoms with Gasteiger partial charge in [0.05, 0.1) is 17.9 Å². The number of carbonyl (C=O) groups is 1. The number of hydrogen-bond donors (Lipinski definition) is 0. The first-order valence-electron chi connectivity index (χ1n) is 9.36. The van der Waals surface area contributed by atoms with Crippen LogP contribution in [-0.4, -0.2) is 46.9 Å². The second-order valence-electron chi connectivity index (χ2n) is 7.03. The summed E-state index contributed by atoms with van der Waals surface area (Å²) < 4.78 is 45.7. The summed E-state index contributed by atoms with van der Waals surface area (Å²) in [6, 6.07) is 5.81. The molecule has 0 aliphatic carbocycles. The van der Waals surface area contributed by atoms with Crippen molar-refractivity contribution in [1.82, 2.24) is 14.7 Å². The minimum absolute atomic E-state index is 0.124. The number of rotatable bonds is 5. The van der Waals surface area contributed by atoms with E-state index >= 15 is 0 Å². The van der Waals surface area contributed by atoms with E-state index in [9.17, 15) is 22.8 Å². The maximum absolute atomic E-state index is 13.1. The van der Waals surface area contributed by atoms with Crippen LogP contribution in [0.2, 0.25) is 0 Å². The van der Waals surface area contributed by atoms with Crippen LogP contribution in [0.3, 0.4) is 0 Å². The molecule has 0 N–H and O–H groups in total. The SMILES string of the molecule is CCN(CC1CCOC1)C(=O)c1nn(-c2cccc(C(F)(F)F)c2)c(C)cc1=O. The molecule has 1 fully saturated rings. The zero-order valence-corrected chi connectivity index (χ0v) is 16.2. The molecule has 1 aliphatic rings. The maximum Gasteiger partial charge on any atom is 0.416 e. The lowest BCUT2D eigenvalue weighted by molar-refractivity contribution is -0.137. The summed E-state index contributed by atoms with van der Waals surface area (Å²) in [7, 11) is 0. The summed E-state index contributed by atoms with van der Waals surface area (Å²) in [5, 5.41) is 4.12. The van der Waals surface area contributed by atoms with Gasteiger partial charge < -0.3 is 9.64 Å². The van der Waals surface area contributed by atoms with Crippen LogP contribution in [0.4, 0.5) is 13.2 Å². The Morgan fingerprint density at radius 2 is 2.10 bits per heavy atom. The zero-order valence-electron chi connectivity index (χ0n) is 16.2. The van der Waals surface area contributed by atoms with Crippen molar-refractivity contribution in [1.29, 1.82) is 0 Å². The average Bonchev–Trinajstić information content (AvgIpc) is 3.18. The van der Waals surface area contributed by atoms with Crippen LogP contribution in [0.1, 0.15) is 35.1 Å². The van der Waals surface area contributed by atoms with Crippen molar-refractivity contribution >= 4 is 5.91 Å². The van der Waals surface area contributed by atoms with E-state index in [-0.39, 0.29) is 17.3 Å². The molecule has 0 bridgehead atoms. The van der Waals surface area contributed by atoms with Gasteiger partial charge in [0.25, 0.3) is 5.91 Å². The normalized spacial score (nSPS) is 16.8. The summed E-state index contributed by atoms with van der Waals surface area (Å²) in [6.07, 6.45) is -3.68. The highest BCUT2D eigenvalue weighted by Gasteiger charge is 2.31. The fourth-order valence-electron chi connectivity index (χ4n) is 3.32. The molecular weight excluding hydrogens is 387 g/mol. The van der Waals surface area contributed by atoms with Gasteiger partial charge >= 0.3 is 6.18 Å². The molecule has 6 nitrogen and oxygen atoms in total. The van der Waals surface area contributed by atoms with E-state index in [4.69, 9.17) is 4.74 Å². The van der Waals surface area contributed by atoms with E-state index in [1.54, 1.807) is 13.8 Å². The molecule has 9 heteroatoms. The third kappa shape index (κ3) is 4.67. The second kappa shape index (κ2) is 8.36. The second-order valence-corrected chi connectivity index (χ2v) is 7.03. The van der Waals surface area contributed by atoms with Crippen molar-refractivity contribution in [3.8, 4) is 5.69 Å². The van der Waals surface area contributed by atoms with Crippen LogP contribution < -0.4 is 5.43 Å². The molecule has 0 radical (unpaired) electrons. The molecule has 2 aromatic rings. The Morgan fingerprint density at radius 1 is 1.34 bits per heavy atom. The van der Waals surface area contributed by atoms with Gasteiger partial charge in [-0.05, 0) is 38.5 Å². The number of benzene rings is 1. The van der Waals surface area contributed by atoms with Gasteiger partial charge in [-0.15, -0.1) is 0 Å². The van der Waals surface area contributed by atoms with Gasteiger partial charge in [-0.3, -0.25) is 9.59 Å². The van der Waals surface area contributed by atoms with E-state index in [1.165, 1.54) is 27.8 Å². The lowest BCUT2D eigenvalue weighted by Gasteiger charge is -2.23. The molecule has 1 atom stereocenters. The first kappa shape index (κ1) is 21.0. The van der Waals surface area contributed by atoms with Gasteiger partial charge in [-0.1, -0.05) is 6.07 Å². The number of carbonyl (C=O) groups excluding carboxylic acids is 1. The minimum Gasteiger partial charge on any atom is -0.381 e. The standard InChI is InChI=1S/C20H22F3N3O3/c1-3-25(11-14-7-8-29-12-14)19(28)18-17(27)9-13(2)26(24-18)16-6-4-5-15(10-16)20(21,22)23/h4-6,9-10,14H,3,7-8,11-12H2,1-2H3. The maximum atomic E-state index is 13.1. The van der Waals surface area contributed by atoms with Crippen LogP contribution in [-0.2, 0) is 10.9 Å². The first-order chi connectivity index (χ1) is 13.7. The van der Waals surface area contributed by atoms with Crippen molar-refractivity contribution < 1.29 is 22.7 Å². The van der Waals surface area contributed by atoms with Crippen LogP contribution in [0.25, 0.3) is 5.69 Å². The van der Waals surface area contributed by atoms with Crippen LogP contribution in [0.15, 0.2) is 35.1 Å². The molecule has 1 saturated heterocycles. The van der Waals surface area contributed by atoms with Gasteiger partial charge in [0.1, 0.15) is 0 Å². The summed E-state index contributed by atoms with van der Waals surface area (Å²) in [5.41, 5.74) is -1.25. The Bertz CT molecular complexity index is 950. The smallest absolute Gasteiger partial charge is 0.381 e. The van der Waals surface area contributed by atoms with Gasteiger partial charge in [0.2, 0.25) is 5.43 Å². The molecule has 29 heavy (non-hydrogen) atoms. The number of ether oxygens (including phenoxy) is 1. The van der Waals surface area contributed by atoms with Crippen LogP contribution in [0, 0.1) is 12.8 Å². The summed E-state index contributed by atoms with van der Waals surface area (Å²) in [5.74, 6) is -0.347. The quantitative estimate of drug-likeness (QED) is 0.762. The molecular formula is C20H22F3N3O3. The van der Waals surface area contributed by atoms with Crippen LogP contribution >= 0.6 is 0 Å². The van der Waals surface area contributed by atoms with Crippen molar-refractivity contribution in [2.75, 3.05) is 26.3 Å². The van der Waals surface area contributed by atoms with Gasteiger partial charge in [-0.2, -0.15) is 18.3 Å². The third-order valence-electron chi connectivity index (χ3n) is 4.90. The van der Waals surface area contributed by atoms with Gasteiger partial charge in [0.15, 0.2) is 5.69 Å². The first-order valence-corrected chi connectivity index (χ1v) is 9.36. The highest BCUT2D eigenvalue weighted by Crippen LogP contribution is 2.30. The topological polar surface area (TPSA) is 64.4 Å². The molecule has 1 aromatic heterocycles. The number of aryl methyl sites for hydroxylation is 1. The minimum atomic E-state index is -4.51. The molecule has 1 aromatic carbocycles. The lowest BCUT2D eigenvalue weighted by atomic mass is 10.1. The summed E-state index contributed by atoms with van der Waals surface area (Å²) >= 11 is 0. The zero-order chi connectivity index (χ0) is 21.2. The number of alkyl halides is 3. The fourth-order valence-corrected chi connectivity index (χ4v) is 3.32. The molecule has 0 spiro atoms. The molecule has 156 valence electrons. The summed E-state index contributed by atoms with van der Waals surface area (Å²) in [6.45, 7) is 5.37. The highest BCUT2D eigenvalue weighted by molar-refractivity contribution is 5.92. The Kier molecular flexibility index (Phi) is 6.07. The number of aromatic nitrogens is 2. The van der Waals surface area contributed by atoms with E-state index in [0.29, 0.717) is 32.0 Å². The lowest BCUT2D eigenvalue weighted by Crippen LogP contribution is -2.39. The number of amides is 1. The van der Waals surface area contributed by atoms with Gasteiger partial charge in [0, 0.05) is 37.4 Å². The van der Waals surface area contributed by atoms with E-state index in [2.05, 4.69) is 5.10 Å². The number of nitrogens with zero attached hydrogens (tertiary/aromatic N) is 3. The Hall–Kier alpha value is -2.68. The Labute approximate surface area is 165 Å². The molecule has 1 aliphatic heterocycles. The molecule has 1 amide bonds. The molecule has 2 heterocycles. The van der Waals surface area contributed by atoms with Crippen molar-refractivity contribution in [3.05, 3.63) is 57.5 Å². The molecule has 1 unspecified atom stereocenters. The fraction of sp³-hybridized carbons (Fsp3) is 0.450. The monoisotopic (exact) mass is 409 g/mol. The number of halogens is 3. The van der Waals surface area contributed by atoms with Crippen molar-refractivity contribution in [2.24, 2.45) is 5.92 Å². The number of hydrogen-bond acceptors (Lipinski definition) is 4. The third-order valence-corrected chi connectivity index (χ3v) is 4.90. The summed E-state index contributed by atoms with van der Waals surface area (Å²) in [4.78, 5) is 26.9. The predicted molar refractivity (Wildman–Crippen MR) is 100 cm³/mol. The Morgan fingerprint density at radius 3 is 2.72 bits per heavy atom. The van der Waals surface area contributed by atoms with Crippen molar-refractivity contribution in [3.63, 3.8) is 0 Å². The molecule has 3 rings (SSSR count). The van der Waals surface area contributed by atoms with E-state index in [0.717, 1.165) is 18.6 Å². The molecule has 0 saturated carbocycles. The van der Waals surface area contributed by atoms with Gasteiger partial charge in [-0.25, -0.2) is 4.68 Å². The highest BCUT2D eigenvalue weighted by atomic mass is 19.4. The van der Waals surface area contributed by atoms with Crippen LogP contribution in [0.5, 0.6) is 0 Å². The Balaban J connectivity index is 1.97.